The summed E-state index contributed by atoms with van der Waals surface area (Å²) in [7, 11) is 1.90. The van der Waals surface area contributed by atoms with Gasteiger partial charge in [-0.05, 0) is 37.7 Å². The summed E-state index contributed by atoms with van der Waals surface area (Å²) in [6, 6.07) is 3.62. The molecule has 1 aliphatic rings. The summed E-state index contributed by atoms with van der Waals surface area (Å²) < 4.78 is 10.3. The van der Waals surface area contributed by atoms with Gasteiger partial charge >= 0.3 is 0 Å². The van der Waals surface area contributed by atoms with Gasteiger partial charge in [-0.1, -0.05) is 0 Å². The molecule has 1 heterocycles. The maximum atomic E-state index is 9.59. The summed E-state index contributed by atoms with van der Waals surface area (Å²) >= 11 is 0. The van der Waals surface area contributed by atoms with E-state index < -0.39 is 0 Å². The molecule has 0 radical (unpaired) electrons. The molecular formula is C10H13NO3. The van der Waals surface area contributed by atoms with Crippen LogP contribution in [0.4, 0.5) is 0 Å². The van der Waals surface area contributed by atoms with E-state index in [9.17, 15) is 5.11 Å². The molecule has 4 nitrogen and oxygen atoms in total. The predicted molar refractivity (Wildman–Crippen MR) is 51.9 cm³/mol. The predicted octanol–water partition coefficient (Wildman–Crippen LogP) is 0.883. The zero-order valence-electron chi connectivity index (χ0n) is 8.04. The second-order valence-electron chi connectivity index (χ2n) is 3.20. The Morgan fingerprint density at radius 3 is 3.07 bits per heavy atom. The van der Waals surface area contributed by atoms with Crippen LogP contribution in [0.1, 0.15) is 5.56 Å². The highest BCUT2D eigenvalue weighted by Gasteiger charge is 2.18. The van der Waals surface area contributed by atoms with E-state index >= 15 is 0 Å². The highest BCUT2D eigenvalue weighted by Crippen LogP contribution is 2.41. The number of benzene rings is 1. The lowest BCUT2D eigenvalue weighted by Crippen LogP contribution is -2.10. The molecule has 76 valence electrons. The van der Waals surface area contributed by atoms with Crippen LogP contribution in [0.5, 0.6) is 17.2 Å². The van der Waals surface area contributed by atoms with E-state index in [4.69, 9.17) is 9.47 Å². The molecule has 0 saturated heterocycles. The summed E-state index contributed by atoms with van der Waals surface area (Å²) in [6.07, 6.45) is 0.862. The minimum atomic E-state index is 0.158. The molecule has 2 rings (SSSR count). The van der Waals surface area contributed by atoms with Gasteiger partial charge in [0.2, 0.25) is 12.5 Å². The molecular weight excluding hydrogens is 182 g/mol. The summed E-state index contributed by atoms with van der Waals surface area (Å²) in [6.45, 7) is 1.07. The van der Waals surface area contributed by atoms with Gasteiger partial charge in [0, 0.05) is 0 Å². The van der Waals surface area contributed by atoms with Crippen molar-refractivity contribution in [1.29, 1.82) is 0 Å². The van der Waals surface area contributed by atoms with Crippen LogP contribution in [0.3, 0.4) is 0 Å². The molecule has 1 aliphatic heterocycles. The zero-order chi connectivity index (χ0) is 9.97. The van der Waals surface area contributed by atoms with Gasteiger partial charge in [0.1, 0.15) is 0 Å². The van der Waals surface area contributed by atoms with Crippen LogP contribution < -0.4 is 14.8 Å². The molecule has 0 unspecified atom stereocenters. The number of hydrogen-bond acceptors (Lipinski definition) is 4. The molecule has 14 heavy (non-hydrogen) atoms. The molecule has 0 spiro atoms. The molecule has 0 atom stereocenters. The number of ether oxygens (including phenoxy) is 2. The van der Waals surface area contributed by atoms with Crippen LogP contribution in [0.15, 0.2) is 12.1 Å². The van der Waals surface area contributed by atoms with Crippen molar-refractivity contribution in [1.82, 2.24) is 5.32 Å². The van der Waals surface area contributed by atoms with Gasteiger partial charge < -0.3 is 19.9 Å². The number of nitrogens with one attached hydrogen (secondary N) is 1. The highest BCUT2D eigenvalue weighted by atomic mass is 16.7. The van der Waals surface area contributed by atoms with Crippen molar-refractivity contribution >= 4 is 0 Å². The molecule has 1 aromatic carbocycles. The molecule has 0 amide bonds. The average Bonchev–Trinajstić information content (AvgIpc) is 2.63. The second kappa shape index (κ2) is 3.75. The number of phenolic OH excluding ortho intramolecular Hbond substituents is 1. The molecule has 4 heteroatoms. The third kappa shape index (κ3) is 1.61. The smallest absolute Gasteiger partial charge is 0.231 e. The lowest BCUT2D eigenvalue weighted by Gasteiger charge is -2.04. The van der Waals surface area contributed by atoms with E-state index in [0.717, 1.165) is 18.5 Å². The number of hydrogen-bond donors (Lipinski definition) is 2. The first-order valence-electron chi connectivity index (χ1n) is 4.57. The van der Waals surface area contributed by atoms with Crippen molar-refractivity contribution in [2.45, 2.75) is 6.42 Å². The van der Waals surface area contributed by atoms with Crippen molar-refractivity contribution in [3.05, 3.63) is 17.7 Å². The number of phenols is 1. The van der Waals surface area contributed by atoms with Crippen LogP contribution >= 0.6 is 0 Å². The zero-order valence-corrected chi connectivity index (χ0v) is 8.04. The Kier molecular flexibility index (Phi) is 2.45. The minimum Gasteiger partial charge on any atom is -0.504 e. The van der Waals surface area contributed by atoms with Crippen LogP contribution in [0.2, 0.25) is 0 Å². The first-order chi connectivity index (χ1) is 6.81. The van der Waals surface area contributed by atoms with Gasteiger partial charge in [0.05, 0.1) is 0 Å². The summed E-state index contributed by atoms with van der Waals surface area (Å²) in [5.74, 6) is 1.25. The average molecular weight is 195 g/mol. The lowest BCUT2D eigenvalue weighted by molar-refractivity contribution is 0.171. The summed E-state index contributed by atoms with van der Waals surface area (Å²) in [4.78, 5) is 0. The minimum absolute atomic E-state index is 0.158. The topological polar surface area (TPSA) is 50.7 Å². The van der Waals surface area contributed by atoms with Crippen molar-refractivity contribution in [3.63, 3.8) is 0 Å². The maximum Gasteiger partial charge on any atom is 0.231 e. The van der Waals surface area contributed by atoms with Crippen LogP contribution in [0, 0.1) is 0 Å². The molecule has 2 N–H and O–H groups in total. The fourth-order valence-corrected chi connectivity index (χ4v) is 1.46. The van der Waals surface area contributed by atoms with E-state index in [-0.39, 0.29) is 12.5 Å². The Labute approximate surface area is 82.5 Å². The molecule has 0 fully saturated rings. The largest absolute Gasteiger partial charge is 0.504 e. The maximum absolute atomic E-state index is 9.59. The second-order valence-corrected chi connectivity index (χ2v) is 3.20. The highest BCUT2D eigenvalue weighted by molar-refractivity contribution is 5.54. The third-order valence-corrected chi connectivity index (χ3v) is 2.18. The van der Waals surface area contributed by atoms with Gasteiger partial charge in [-0.2, -0.15) is 0 Å². The van der Waals surface area contributed by atoms with E-state index in [1.807, 2.05) is 13.1 Å². The fraction of sp³-hybridized carbons (Fsp3) is 0.400. The Balaban J connectivity index is 2.23. The molecule has 0 aromatic heterocycles. The van der Waals surface area contributed by atoms with Crippen LogP contribution in [-0.2, 0) is 6.42 Å². The van der Waals surface area contributed by atoms with Crippen molar-refractivity contribution in [2.24, 2.45) is 0 Å². The van der Waals surface area contributed by atoms with Crippen molar-refractivity contribution < 1.29 is 14.6 Å². The van der Waals surface area contributed by atoms with Gasteiger partial charge in [0.15, 0.2) is 11.5 Å². The lowest BCUT2D eigenvalue weighted by atomic mass is 10.1. The first-order valence-corrected chi connectivity index (χ1v) is 4.57. The standard InChI is InChI=1S/C10H13NO3/c1-11-3-2-7-4-8(12)10-9(5-7)13-6-14-10/h4-5,11-12H,2-3,6H2,1H3. The quantitative estimate of drug-likeness (QED) is 0.751. The van der Waals surface area contributed by atoms with Crippen LogP contribution in [-0.4, -0.2) is 25.5 Å². The van der Waals surface area contributed by atoms with Gasteiger partial charge in [0.25, 0.3) is 0 Å². The van der Waals surface area contributed by atoms with Gasteiger partial charge in [-0.15, -0.1) is 0 Å². The van der Waals surface area contributed by atoms with E-state index in [0.29, 0.717) is 11.5 Å². The van der Waals surface area contributed by atoms with Gasteiger partial charge in [-0.3, -0.25) is 0 Å². The Morgan fingerprint density at radius 1 is 1.43 bits per heavy atom. The van der Waals surface area contributed by atoms with E-state index in [1.165, 1.54) is 0 Å². The summed E-state index contributed by atoms with van der Waals surface area (Å²) in [5, 5.41) is 12.6. The normalized spacial score (nSPS) is 13.2. The van der Waals surface area contributed by atoms with Crippen molar-refractivity contribution in [2.75, 3.05) is 20.4 Å². The van der Waals surface area contributed by atoms with Crippen LogP contribution in [0.25, 0.3) is 0 Å². The Bertz CT molecular complexity index is 338. The number of rotatable bonds is 3. The van der Waals surface area contributed by atoms with Crippen molar-refractivity contribution in [3.8, 4) is 17.2 Å². The first kappa shape index (κ1) is 9.15. The Morgan fingerprint density at radius 2 is 2.29 bits per heavy atom. The number of fused-ring (bicyclic) bond motifs is 1. The molecule has 0 saturated carbocycles. The molecule has 0 aliphatic carbocycles. The number of aromatic hydroxyl groups is 1. The van der Waals surface area contributed by atoms with E-state index in [1.54, 1.807) is 6.07 Å². The Hall–Kier alpha value is -1.42. The monoisotopic (exact) mass is 195 g/mol. The fourth-order valence-electron chi connectivity index (χ4n) is 1.46. The number of likely N-dealkylation sites (N-methyl/N-ethyl adjacent to an activating group) is 1. The molecule has 0 bridgehead atoms. The molecule has 1 aromatic rings. The summed E-state index contributed by atoms with van der Waals surface area (Å²) in [5.41, 5.74) is 1.04. The SMILES string of the molecule is CNCCc1cc(O)c2c(c1)OCO2. The van der Waals surface area contributed by atoms with E-state index in [2.05, 4.69) is 5.32 Å². The third-order valence-electron chi connectivity index (χ3n) is 2.18. The van der Waals surface area contributed by atoms with Gasteiger partial charge in [-0.25, -0.2) is 0 Å².